The van der Waals surface area contributed by atoms with Crippen LogP contribution >= 0.6 is 0 Å². The molecule has 21 heavy (non-hydrogen) atoms. The summed E-state index contributed by atoms with van der Waals surface area (Å²) < 4.78 is 0. The molecule has 0 aromatic carbocycles. The number of anilines is 2. The molecule has 8 heteroatoms. The number of nitrogens with zero attached hydrogens (tertiary/aromatic N) is 4. The van der Waals surface area contributed by atoms with Crippen LogP contribution in [-0.4, -0.2) is 45.7 Å². The third-order valence-electron chi connectivity index (χ3n) is 3.66. The topological polar surface area (TPSA) is 104 Å². The van der Waals surface area contributed by atoms with Gasteiger partial charge in [-0.1, -0.05) is 6.92 Å². The predicted molar refractivity (Wildman–Crippen MR) is 79.5 cm³/mol. The number of aliphatic hydroxyl groups excluding tert-OH is 1. The normalized spacial score (nSPS) is 14.6. The van der Waals surface area contributed by atoms with Crippen LogP contribution in [0.5, 0.6) is 0 Å². The molecule has 0 unspecified atom stereocenters. The number of aromatic nitrogens is 2. The molecule has 0 bridgehead atoms. The van der Waals surface area contributed by atoms with Crippen LogP contribution in [0.25, 0.3) is 0 Å². The Bertz CT molecular complexity index is 493. The summed E-state index contributed by atoms with van der Waals surface area (Å²) in [7, 11) is 0. The summed E-state index contributed by atoms with van der Waals surface area (Å²) in [5.41, 5.74) is -0.105. The highest BCUT2D eigenvalue weighted by Crippen LogP contribution is 2.36. The third-order valence-corrected chi connectivity index (χ3v) is 3.66. The Kier molecular flexibility index (Phi) is 5.26. The van der Waals surface area contributed by atoms with Crippen molar-refractivity contribution in [3.63, 3.8) is 0 Å². The lowest BCUT2D eigenvalue weighted by Crippen LogP contribution is -2.42. The summed E-state index contributed by atoms with van der Waals surface area (Å²) in [6.07, 6.45) is 5.23. The minimum absolute atomic E-state index is 0.0601. The molecule has 0 spiro atoms. The fraction of sp³-hybridized carbons (Fsp3) is 0.692. The van der Waals surface area contributed by atoms with E-state index in [0.717, 1.165) is 25.7 Å². The second-order valence-electron chi connectivity index (χ2n) is 5.08. The van der Waals surface area contributed by atoms with Crippen LogP contribution in [0.2, 0.25) is 0 Å². The van der Waals surface area contributed by atoms with E-state index in [-0.39, 0.29) is 24.2 Å². The van der Waals surface area contributed by atoms with Crippen molar-refractivity contribution in [2.45, 2.75) is 38.6 Å². The molecule has 0 atom stereocenters. The van der Waals surface area contributed by atoms with Gasteiger partial charge in [0.25, 0.3) is 0 Å². The molecule has 116 valence electrons. The molecule has 1 aromatic rings. The van der Waals surface area contributed by atoms with E-state index in [1.165, 1.54) is 6.33 Å². The molecule has 1 aliphatic carbocycles. The van der Waals surface area contributed by atoms with E-state index in [4.69, 9.17) is 0 Å². The molecule has 0 saturated heterocycles. The Hall–Kier alpha value is -1.96. The molecule has 1 aliphatic rings. The predicted octanol–water partition coefficient (Wildman–Crippen LogP) is 1.56. The third kappa shape index (κ3) is 3.38. The van der Waals surface area contributed by atoms with E-state index in [1.54, 1.807) is 0 Å². The summed E-state index contributed by atoms with van der Waals surface area (Å²) in [5, 5.41) is 23.7. The van der Waals surface area contributed by atoms with Gasteiger partial charge in [-0.3, -0.25) is 10.1 Å². The number of nitrogens with one attached hydrogen (secondary N) is 1. The zero-order chi connectivity index (χ0) is 15.2. The highest BCUT2D eigenvalue weighted by Gasteiger charge is 2.33. The van der Waals surface area contributed by atoms with Crippen LogP contribution in [0, 0.1) is 10.1 Å². The van der Waals surface area contributed by atoms with E-state index in [9.17, 15) is 15.2 Å². The van der Waals surface area contributed by atoms with Crippen LogP contribution in [0.1, 0.15) is 32.6 Å². The molecule has 1 aromatic heterocycles. The first-order valence-electron chi connectivity index (χ1n) is 7.29. The van der Waals surface area contributed by atoms with Crippen molar-refractivity contribution in [1.82, 2.24) is 9.97 Å². The van der Waals surface area contributed by atoms with Gasteiger partial charge in [0.2, 0.25) is 11.6 Å². The van der Waals surface area contributed by atoms with Crippen molar-refractivity contribution in [1.29, 1.82) is 0 Å². The fourth-order valence-corrected chi connectivity index (χ4v) is 2.39. The first kappa shape index (κ1) is 15.4. The zero-order valence-corrected chi connectivity index (χ0v) is 12.2. The summed E-state index contributed by atoms with van der Waals surface area (Å²) in [5.74, 6) is 0.543. The van der Waals surface area contributed by atoms with Gasteiger partial charge in [-0.2, -0.15) is 0 Å². The van der Waals surface area contributed by atoms with Gasteiger partial charge in [0, 0.05) is 19.1 Å². The highest BCUT2D eigenvalue weighted by molar-refractivity contribution is 5.70. The maximum atomic E-state index is 11.4. The first-order valence-corrected chi connectivity index (χ1v) is 7.29. The lowest BCUT2D eigenvalue weighted by molar-refractivity contribution is -0.383. The van der Waals surface area contributed by atoms with Crippen LogP contribution in [0.4, 0.5) is 17.3 Å². The van der Waals surface area contributed by atoms with Gasteiger partial charge in [-0.05, 0) is 25.7 Å². The van der Waals surface area contributed by atoms with Crippen LogP contribution < -0.4 is 10.2 Å². The number of hydrogen-bond acceptors (Lipinski definition) is 7. The van der Waals surface area contributed by atoms with Gasteiger partial charge in [0.15, 0.2) is 0 Å². The smallest absolute Gasteiger partial charge is 0.353 e. The van der Waals surface area contributed by atoms with Crippen LogP contribution in [-0.2, 0) is 0 Å². The lowest BCUT2D eigenvalue weighted by atomic mass is 9.91. The van der Waals surface area contributed by atoms with Gasteiger partial charge < -0.3 is 15.3 Å². The maximum Gasteiger partial charge on any atom is 0.353 e. The summed E-state index contributed by atoms with van der Waals surface area (Å²) >= 11 is 0. The molecule has 2 rings (SSSR count). The van der Waals surface area contributed by atoms with Crippen molar-refractivity contribution < 1.29 is 10.0 Å². The molecular weight excluding hydrogens is 274 g/mol. The monoisotopic (exact) mass is 295 g/mol. The van der Waals surface area contributed by atoms with Crippen molar-refractivity contribution in [2.75, 3.05) is 29.9 Å². The molecule has 1 heterocycles. The maximum absolute atomic E-state index is 11.4. The quantitative estimate of drug-likeness (QED) is 0.554. The Morgan fingerprint density at radius 3 is 2.81 bits per heavy atom. The molecule has 0 radical (unpaired) electrons. The van der Waals surface area contributed by atoms with Gasteiger partial charge in [-0.25, -0.2) is 9.97 Å². The zero-order valence-electron chi connectivity index (χ0n) is 12.2. The Morgan fingerprint density at radius 1 is 1.52 bits per heavy atom. The minimum atomic E-state index is -0.448. The van der Waals surface area contributed by atoms with Gasteiger partial charge in [0.1, 0.15) is 6.33 Å². The molecule has 2 N–H and O–H groups in total. The molecule has 1 saturated carbocycles. The number of hydrogen-bond donors (Lipinski definition) is 2. The van der Waals surface area contributed by atoms with E-state index >= 15 is 0 Å². The minimum Gasteiger partial charge on any atom is -0.395 e. The average molecular weight is 295 g/mol. The molecular formula is C13H21N5O3. The lowest BCUT2D eigenvalue weighted by Gasteiger charge is -2.37. The summed E-state index contributed by atoms with van der Waals surface area (Å²) in [6.45, 7) is 2.87. The average Bonchev–Trinajstić information content (AvgIpc) is 2.42. The van der Waals surface area contributed by atoms with Gasteiger partial charge in [0.05, 0.1) is 11.5 Å². The highest BCUT2D eigenvalue weighted by atomic mass is 16.6. The van der Waals surface area contributed by atoms with Crippen LogP contribution in [0.3, 0.4) is 0 Å². The van der Waals surface area contributed by atoms with Crippen molar-refractivity contribution >= 4 is 17.3 Å². The van der Waals surface area contributed by atoms with Crippen molar-refractivity contribution in [3.8, 4) is 0 Å². The number of rotatable bonds is 8. The van der Waals surface area contributed by atoms with E-state index < -0.39 is 4.92 Å². The van der Waals surface area contributed by atoms with Crippen molar-refractivity contribution in [3.05, 3.63) is 16.4 Å². The van der Waals surface area contributed by atoms with Crippen LogP contribution in [0.15, 0.2) is 6.33 Å². The summed E-state index contributed by atoms with van der Waals surface area (Å²) in [4.78, 5) is 20.9. The molecule has 1 fully saturated rings. The van der Waals surface area contributed by atoms with E-state index in [0.29, 0.717) is 18.9 Å². The standard InChI is InChI=1S/C13H21N5O3/c1-2-6-14-12-11(18(20)21)13(16-9-15-12)17(7-8-19)10-4-3-5-10/h9-10,19H,2-8H2,1H3,(H,14,15,16). The second-order valence-corrected chi connectivity index (χ2v) is 5.08. The SMILES string of the molecule is CCCNc1ncnc(N(CCO)C2CCC2)c1[N+](=O)[O-]. The Morgan fingerprint density at radius 2 is 2.29 bits per heavy atom. The van der Waals surface area contributed by atoms with Crippen molar-refractivity contribution in [2.24, 2.45) is 0 Å². The fourth-order valence-electron chi connectivity index (χ4n) is 2.39. The number of aliphatic hydroxyl groups is 1. The molecule has 0 aliphatic heterocycles. The first-order chi connectivity index (χ1) is 10.2. The largest absolute Gasteiger partial charge is 0.395 e. The number of nitro groups is 1. The van der Waals surface area contributed by atoms with E-state index in [2.05, 4.69) is 15.3 Å². The van der Waals surface area contributed by atoms with Gasteiger partial charge in [-0.15, -0.1) is 0 Å². The molecule has 8 nitrogen and oxygen atoms in total. The van der Waals surface area contributed by atoms with Gasteiger partial charge >= 0.3 is 5.69 Å². The Balaban J connectivity index is 2.37. The Labute approximate surface area is 123 Å². The molecule has 0 amide bonds. The van der Waals surface area contributed by atoms with E-state index in [1.807, 2.05) is 11.8 Å². The second kappa shape index (κ2) is 7.16. The summed E-state index contributed by atoms with van der Waals surface area (Å²) in [6, 6.07) is 0.213.